The molecule has 1 aromatic carbocycles. The van der Waals surface area contributed by atoms with Gasteiger partial charge < -0.3 is 19.7 Å². The molecule has 3 aliphatic rings. The topological polar surface area (TPSA) is 91.9 Å². The number of carbonyl (C=O) groups is 1. The van der Waals surface area contributed by atoms with Gasteiger partial charge in [0.1, 0.15) is 0 Å². The zero-order chi connectivity index (χ0) is 20.3. The van der Waals surface area contributed by atoms with Crippen LogP contribution in [0.3, 0.4) is 0 Å². The number of benzene rings is 1. The minimum atomic E-state index is -0.182. The van der Waals surface area contributed by atoms with Gasteiger partial charge in [-0.2, -0.15) is 0 Å². The molecule has 0 spiro atoms. The third kappa shape index (κ3) is 4.44. The van der Waals surface area contributed by atoms with E-state index in [0.29, 0.717) is 11.9 Å². The highest BCUT2D eigenvalue weighted by atomic mass is 32.1. The van der Waals surface area contributed by atoms with Gasteiger partial charge in [0.25, 0.3) is 0 Å². The molecule has 1 saturated carbocycles. The van der Waals surface area contributed by atoms with Crippen molar-refractivity contribution in [1.29, 1.82) is 0 Å². The summed E-state index contributed by atoms with van der Waals surface area (Å²) in [5.41, 5.74) is 1.23. The first-order valence-corrected chi connectivity index (χ1v) is 11.3. The highest BCUT2D eigenvalue weighted by Gasteiger charge is 2.22. The molecular formula is C20H26N6O3S. The monoisotopic (exact) mass is 430 g/mol. The van der Waals surface area contributed by atoms with E-state index < -0.39 is 0 Å². The van der Waals surface area contributed by atoms with Crippen molar-refractivity contribution in [2.45, 2.75) is 38.3 Å². The highest BCUT2D eigenvalue weighted by molar-refractivity contribution is 7.19. The molecule has 0 atom stereocenters. The Morgan fingerprint density at radius 2 is 1.90 bits per heavy atom. The van der Waals surface area contributed by atoms with Gasteiger partial charge in [0.15, 0.2) is 11.5 Å². The standard InChI is InChI=1S/C20H26N6O3S/c27-18(21-15-3-1-2-4-15)22-19-23-24-20(30-19)26-9-7-25(8-10-26)12-14-5-6-16-17(11-14)29-13-28-16/h5-6,11,15H,1-4,7-10,12-13H2,(H2,21,22,23,27). The highest BCUT2D eigenvalue weighted by Crippen LogP contribution is 2.33. The van der Waals surface area contributed by atoms with Crippen molar-refractivity contribution in [2.24, 2.45) is 0 Å². The minimum absolute atomic E-state index is 0.182. The zero-order valence-electron chi connectivity index (χ0n) is 16.8. The molecule has 5 rings (SSSR count). The number of hydrogen-bond donors (Lipinski definition) is 2. The summed E-state index contributed by atoms with van der Waals surface area (Å²) in [5.74, 6) is 1.65. The number of amides is 2. The first kappa shape index (κ1) is 19.4. The second kappa shape index (κ2) is 8.65. The molecule has 1 saturated heterocycles. The molecule has 0 radical (unpaired) electrons. The Hall–Kier alpha value is -2.59. The SMILES string of the molecule is O=C(Nc1nnc(N2CCN(Cc3ccc4c(c3)OCO4)CC2)s1)NC1CCCC1. The quantitative estimate of drug-likeness (QED) is 0.753. The normalized spacial score (nSPS) is 19.3. The lowest BCUT2D eigenvalue weighted by Gasteiger charge is -2.34. The van der Waals surface area contributed by atoms with E-state index in [1.54, 1.807) is 0 Å². The molecule has 2 fully saturated rings. The fourth-order valence-electron chi connectivity index (χ4n) is 4.18. The van der Waals surface area contributed by atoms with Gasteiger partial charge in [-0.25, -0.2) is 4.79 Å². The van der Waals surface area contributed by atoms with Gasteiger partial charge in [0.05, 0.1) is 0 Å². The first-order valence-electron chi connectivity index (χ1n) is 10.5. The van der Waals surface area contributed by atoms with Crippen LogP contribution >= 0.6 is 11.3 Å². The van der Waals surface area contributed by atoms with Gasteiger partial charge in [0.2, 0.25) is 17.1 Å². The maximum Gasteiger partial charge on any atom is 0.321 e. The van der Waals surface area contributed by atoms with Gasteiger partial charge in [-0.05, 0) is 30.5 Å². The fourth-order valence-corrected chi connectivity index (χ4v) is 4.97. The number of urea groups is 1. The van der Waals surface area contributed by atoms with Crippen LogP contribution in [-0.2, 0) is 6.54 Å². The van der Waals surface area contributed by atoms with Crippen molar-refractivity contribution in [3.05, 3.63) is 23.8 Å². The summed E-state index contributed by atoms with van der Waals surface area (Å²) in [7, 11) is 0. The molecule has 1 aliphatic carbocycles. The second-order valence-electron chi connectivity index (χ2n) is 7.92. The van der Waals surface area contributed by atoms with Crippen LogP contribution in [0.1, 0.15) is 31.2 Å². The van der Waals surface area contributed by atoms with E-state index >= 15 is 0 Å². The number of fused-ring (bicyclic) bond motifs is 1. The number of rotatable bonds is 5. The summed E-state index contributed by atoms with van der Waals surface area (Å²) in [6.07, 6.45) is 4.50. The number of carbonyl (C=O) groups excluding carboxylic acids is 1. The lowest BCUT2D eigenvalue weighted by Crippen LogP contribution is -2.45. The Kier molecular flexibility index (Phi) is 5.58. The Labute approximate surface area is 179 Å². The van der Waals surface area contributed by atoms with Crippen LogP contribution in [0, 0.1) is 0 Å². The molecule has 2 aromatic rings. The molecule has 160 valence electrons. The number of piperazine rings is 1. The minimum Gasteiger partial charge on any atom is -0.454 e. The summed E-state index contributed by atoms with van der Waals surface area (Å²) >= 11 is 1.43. The second-order valence-corrected chi connectivity index (χ2v) is 8.88. The van der Waals surface area contributed by atoms with Gasteiger partial charge >= 0.3 is 6.03 Å². The third-order valence-electron chi connectivity index (χ3n) is 5.81. The van der Waals surface area contributed by atoms with Crippen molar-refractivity contribution < 1.29 is 14.3 Å². The largest absolute Gasteiger partial charge is 0.454 e. The van der Waals surface area contributed by atoms with Crippen molar-refractivity contribution in [3.63, 3.8) is 0 Å². The Morgan fingerprint density at radius 3 is 2.73 bits per heavy atom. The molecular weight excluding hydrogens is 404 g/mol. The van der Waals surface area contributed by atoms with E-state index in [4.69, 9.17) is 9.47 Å². The van der Waals surface area contributed by atoms with Crippen LogP contribution in [0.5, 0.6) is 11.5 Å². The Bertz CT molecular complexity index is 892. The van der Waals surface area contributed by atoms with E-state index in [1.165, 1.54) is 29.7 Å². The van der Waals surface area contributed by atoms with Crippen LogP contribution in [0.4, 0.5) is 15.1 Å². The summed E-state index contributed by atoms with van der Waals surface area (Å²) in [6.45, 7) is 4.84. The number of anilines is 2. The molecule has 1 aromatic heterocycles. The number of nitrogens with zero attached hydrogens (tertiary/aromatic N) is 4. The van der Waals surface area contributed by atoms with Crippen molar-refractivity contribution >= 4 is 27.6 Å². The number of ether oxygens (including phenoxy) is 2. The Morgan fingerprint density at radius 1 is 1.10 bits per heavy atom. The maximum absolute atomic E-state index is 12.1. The van der Waals surface area contributed by atoms with Crippen LogP contribution in [0.2, 0.25) is 0 Å². The smallest absolute Gasteiger partial charge is 0.321 e. The van der Waals surface area contributed by atoms with Crippen LogP contribution < -0.4 is 25.0 Å². The number of aromatic nitrogens is 2. The molecule has 9 nitrogen and oxygen atoms in total. The molecule has 2 N–H and O–H groups in total. The van der Waals surface area contributed by atoms with Crippen molar-refractivity contribution in [2.75, 3.05) is 43.2 Å². The van der Waals surface area contributed by atoms with E-state index in [-0.39, 0.29) is 12.1 Å². The molecule has 0 bridgehead atoms. The maximum atomic E-state index is 12.1. The molecule has 2 amide bonds. The van der Waals surface area contributed by atoms with E-state index in [9.17, 15) is 4.79 Å². The molecule has 0 unspecified atom stereocenters. The van der Waals surface area contributed by atoms with Crippen LogP contribution in [0.25, 0.3) is 0 Å². The predicted octanol–water partition coefficient (Wildman–Crippen LogP) is 2.65. The average Bonchev–Trinajstić information content (AvgIpc) is 3.50. The lowest BCUT2D eigenvalue weighted by atomic mass is 10.1. The molecule has 10 heteroatoms. The van der Waals surface area contributed by atoms with Crippen molar-refractivity contribution in [1.82, 2.24) is 20.4 Å². The summed E-state index contributed by atoms with van der Waals surface area (Å²) in [4.78, 5) is 16.8. The van der Waals surface area contributed by atoms with Gasteiger partial charge in [-0.3, -0.25) is 10.2 Å². The fraction of sp³-hybridized carbons (Fsp3) is 0.550. The van der Waals surface area contributed by atoms with Gasteiger partial charge in [-0.15, -0.1) is 10.2 Å². The summed E-state index contributed by atoms with van der Waals surface area (Å²) < 4.78 is 10.9. The first-order chi connectivity index (χ1) is 14.7. The van der Waals surface area contributed by atoms with Gasteiger partial charge in [-0.1, -0.05) is 30.2 Å². The lowest BCUT2D eigenvalue weighted by molar-refractivity contribution is 0.174. The molecule has 30 heavy (non-hydrogen) atoms. The average molecular weight is 431 g/mol. The van der Waals surface area contributed by atoms with E-state index in [1.807, 2.05) is 6.07 Å². The van der Waals surface area contributed by atoms with Crippen LogP contribution in [-0.4, -0.2) is 60.1 Å². The van der Waals surface area contributed by atoms with Crippen molar-refractivity contribution in [3.8, 4) is 11.5 Å². The zero-order valence-corrected chi connectivity index (χ0v) is 17.6. The summed E-state index contributed by atoms with van der Waals surface area (Å²) in [6, 6.07) is 6.24. The molecule has 2 aliphatic heterocycles. The van der Waals surface area contributed by atoms with Crippen LogP contribution in [0.15, 0.2) is 18.2 Å². The Balaban J connectivity index is 1.10. The third-order valence-corrected chi connectivity index (χ3v) is 6.71. The van der Waals surface area contributed by atoms with Gasteiger partial charge in [0, 0.05) is 38.8 Å². The van der Waals surface area contributed by atoms with E-state index in [2.05, 4.69) is 42.8 Å². The summed E-state index contributed by atoms with van der Waals surface area (Å²) in [5, 5.41) is 15.7. The van der Waals surface area contributed by atoms with E-state index in [0.717, 1.165) is 62.2 Å². The number of hydrogen-bond acceptors (Lipinski definition) is 8. The predicted molar refractivity (Wildman–Crippen MR) is 114 cm³/mol. The number of nitrogens with one attached hydrogen (secondary N) is 2. The molecule has 3 heterocycles.